The van der Waals surface area contributed by atoms with Crippen LogP contribution in [-0.2, 0) is 18.9 Å². The number of hydrogen-bond donors (Lipinski definition) is 4. The summed E-state index contributed by atoms with van der Waals surface area (Å²) < 4.78 is 21.7. The number of terminal acetylenes is 1. The summed E-state index contributed by atoms with van der Waals surface area (Å²) in [5, 5.41) is 29.3. The number of ether oxygens (including phenoxy) is 4. The van der Waals surface area contributed by atoms with E-state index in [1.807, 2.05) is 4.90 Å². The molecule has 1 heterocycles. The molecule has 11 nitrogen and oxygen atoms in total. The van der Waals surface area contributed by atoms with E-state index in [1.165, 1.54) is 0 Å². The second-order valence-corrected chi connectivity index (χ2v) is 8.96. The van der Waals surface area contributed by atoms with E-state index in [1.54, 1.807) is 0 Å². The first-order valence-corrected chi connectivity index (χ1v) is 13.1. The number of hydrogen-bond acceptors (Lipinski definition) is 11. The van der Waals surface area contributed by atoms with Gasteiger partial charge in [-0.2, -0.15) is 0 Å². The van der Waals surface area contributed by atoms with E-state index in [2.05, 4.69) is 15.7 Å². The normalized spacial score (nSPS) is 15.6. The zero-order valence-electron chi connectivity index (χ0n) is 22.0. The van der Waals surface area contributed by atoms with Crippen LogP contribution in [0.5, 0.6) is 0 Å². The van der Waals surface area contributed by atoms with Crippen LogP contribution in [0.15, 0.2) is 0 Å². The Morgan fingerprint density at radius 3 is 1.69 bits per heavy atom. The second kappa shape index (κ2) is 22.1. The second-order valence-electron chi connectivity index (χ2n) is 8.96. The van der Waals surface area contributed by atoms with Crippen molar-refractivity contribution >= 4 is 0 Å². The fourth-order valence-corrected chi connectivity index (χ4v) is 4.02. The first kappa shape index (κ1) is 33.1. The number of aliphatic hydroxyl groups is 3. The van der Waals surface area contributed by atoms with Crippen molar-refractivity contribution in [3.05, 3.63) is 0 Å². The molecule has 0 atom stereocenters. The Morgan fingerprint density at radius 2 is 1.19 bits per heavy atom. The minimum Gasteiger partial charge on any atom is -0.394 e. The number of rotatable bonds is 24. The summed E-state index contributed by atoms with van der Waals surface area (Å²) in [4.78, 5) is 6.84. The molecule has 0 unspecified atom stereocenters. The summed E-state index contributed by atoms with van der Waals surface area (Å²) >= 11 is 0. The van der Waals surface area contributed by atoms with E-state index in [4.69, 9.17) is 31.1 Å². The van der Waals surface area contributed by atoms with Gasteiger partial charge in [-0.25, -0.2) is 0 Å². The third kappa shape index (κ3) is 14.2. The summed E-state index contributed by atoms with van der Waals surface area (Å²) in [6.45, 7) is 11.1. The summed E-state index contributed by atoms with van der Waals surface area (Å²) in [5.41, 5.74) is 4.65. The molecule has 1 fully saturated rings. The van der Waals surface area contributed by atoms with Gasteiger partial charge in [-0.3, -0.25) is 9.80 Å². The Kier molecular flexibility index (Phi) is 20.4. The number of piperazine rings is 1. The lowest BCUT2D eigenvalue weighted by Crippen LogP contribution is -2.58. The van der Waals surface area contributed by atoms with E-state index >= 15 is 0 Å². The van der Waals surface area contributed by atoms with Crippen LogP contribution in [0.2, 0.25) is 0 Å². The molecule has 0 radical (unpaired) electrons. The van der Waals surface area contributed by atoms with Gasteiger partial charge in [0.2, 0.25) is 0 Å². The largest absolute Gasteiger partial charge is 0.394 e. The molecule has 36 heavy (non-hydrogen) atoms. The van der Waals surface area contributed by atoms with E-state index in [9.17, 15) is 15.3 Å². The van der Waals surface area contributed by atoms with Crippen LogP contribution in [0.1, 0.15) is 12.8 Å². The molecule has 0 saturated carbocycles. The fraction of sp³-hybridized carbons (Fsp3) is 0.920. The molecular formula is C25H50N4O7. The lowest BCUT2D eigenvalue weighted by molar-refractivity contribution is -0.0495. The van der Waals surface area contributed by atoms with Crippen LogP contribution in [0.25, 0.3) is 0 Å². The monoisotopic (exact) mass is 518 g/mol. The van der Waals surface area contributed by atoms with Crippen molar-refractivity contribution in [3.63, 3.8) is 0 Å². The van der Waals surface area contributed by atoms with Crippen molar-refractivity contribution < 1.29 is 34.3 Å². The van der Waals surface area contributed by atoms with Crippen LogP contribution in [0.3, 0.4) is 0 Å². The van der Waals surface area contributed by atoms with Crippen molar-refractivity contribution in [2.75, 3.05) is 132 Å². The average Bonchev–Trinajstić information content (AvgIpc) is 2.91. The van der Waals surface area contributed by atoms with Crippen LogP contribution in [-0.4, -0.2) is 167 Å². The summed E-state index contributed by atoms with van der Waals surface area (Å²) in [5.74, 6) is 2.41. The first-order valence-electron chi connectivity index (χ1n) is 13.1. The summed E-state index contributed by atoms with van der Waals surface area (Å²) in [6.07, 6.45) is 6.75. The van der Waals surface area contributed by atoms with E-state index < -0.39 is 5.54 Å². The van der Waals surface area contributed by atoms with Crippen LogP contribution in [0, 0.1) is 12.3 Å². The van der Waals surface area contributed by atoms with Gasteiger partial charge < -0.3 is 44.9 Å². The first-order chi connectivity index (χ1) is 17.7. The van der Waals surface area contributed by atoms with Crippen LogP contribution in [0.4, 0.5) is 0 Å². The molecule has 0 spiro atoms. The SMILES string of the molecule is C#CCOCCOCCOCCOCCN1CCN(CCCN(CCCN)C(CO)(CO)CO)CC1. The van der Waals surface area contributed by atoms with Gasteiger partial charge in [0.15, 0.2) is 0 Å². The number of nitrogens with two attached hydrogens (primary N) is 1. The Morgan fingerprint density at radius 1 is 0.722 bits per heavy atom. The molecule has 11 heteroatoms. The summed E-state index contributed by atoms with van der Waals surface area (Å²) in [6, 6.07) is 0. The Hall–Kier alpha value is -0.880. The molecular weight excluding hydrogens is 468 g/mol. The third-order valence-corrected chi connectivity index (χ3v) is 6.41. The van der Waals surface area contributed by atoms with Crippen molar-refractivity contribution in [3.8, 4) is 12.3 Å². The van der Waals surface area contributed by atoms with E-state index in [0.29, 0.717) is 72.5 Å². The summed E-state index contributed by atoms with van der Waals surface area (Å²) in [7, 11) is 0. The van der Waals surface area contributed by atoms with Gasteiger partial charge >= 0.3 is 0 Å². The smallest absolute Gasteiger partial charge is 0.107 e. The maximum Gasteiger partial charge on any atom is 0.107 e. The molecule has 0 aromatic carbocycles. The average molecular weight is 519 g/mol. The standard InChI is InChI=1S/C25H50N4O7/c1-2-14-33-16-18-35-20-21-36-19-17-34-15-13-28-11-9-27(10-12-28)6-4-8-29(7-3-5-26)25(22-30,23-31)24-32/h1,30-32H,3-24,26H2. The zero-order valence-corrected chi connectivity index (χ0v) is 22.0. The molecule has 212 valence electrons. The predicted molar refractivity (Wildman–Crippen MR) is 139 cm³/mol. The lowest BCUT2D eigenvalue weighted by atomic mass is 9.99. The van der Waals surface area contributed by atoms with Crippen molar-refractivity contribution in [1.29, 1.82) is 0 Å². The van der Waals surface area contributed by atoms with Gasteiger partial charge in [0.1, 0.15) is 6.61 Å². The molecule has 5 N–H and O–H groups in total. The van der Waals surface area contributed by atoms with Gasteiger partial charge in [0.05, 0.1) is 71.6 Å². The molecule has 0 aromatic heterocycles. The molecule has 1 aliphatic rings. The minimum atomic E-state index is -0.995. The third-order valence-electron chi connectivity index (χ3n) is 6.41. The number of aliphatic hydroxyl groups excluding tert-OH is 3. The maximum absolute atomic E-state index is 9.78. The highest BCUT2D eigenvalue weighted by molar-refractivity contribution is 4.90. The van der Waals surface area contributed by atoms with Gasteiger partial charge in [0, 0.05) is 45.8 Å². The molecule has 1 rings (SSSR count). The fourth-order valence-electron chi connectivity index (χ4n) is 4.02. The quantitative estimate of drug-likeness (QED) is 0.0840. The molecule has 0 aliphatic carbocycles. The molecule has 0 aromatic rings. The van der Waals surface area contributed by atoms with E-state index in [0.717, 1.165) is 52.1 Å². The Labute approximate surface area is 217 Å². The lowest BCUT2D eigenvalue weighted by Gasteiger charge is -2.41. The van der Waals surface area contributed by atoms with Crippen molar-refractivity contribution in [1.82, 2.24) is 14.7 Å². The predicted octanol–water partition coefficient (Wildman–Crippen LogP) is -1.94. The topological polar surface area (TPSA) is 133 Å². The molecule has 0 bridgehead atoms. The van der Waals surface area contributed by atoms with Crippen molar-refractivity contribution in [2.45, 2.75) is 18.4 Å². The number of nitrogens with zero attached hydrogens (tertiary/aromatic N) is 3. The molecule has 1 aliphatic heterocycles. The van der Waals surface area contributed by atoms with E-state index in [-0.39, 0.29) is 19.8 Å². The van der Waals surface area contributed by atoms with Gasteiger partial charge in [-0.05, 0) is 25.9 Å². The van der Waals surface area contributed by atoms with Gasteiger partial charge in [0.25, 0.3) is 0 Å². The highest BCUT2D eigenvalue weighted by Gasteiger charge is 2.34. The molecule has 0 amide bonds. The Bertz CT molecular complexity index is 533. The van der Waals surface area contributed by atoms with Gasteiger partial charge in [-0.15, -0.1) is 6.42 Å². The zero-order chi connectivity index (χ0) is 26.3. The van der Waals surface area contributed by atoms with Crippen LogP contribution >= 0.6 is 0 Å². The van der Waals surface area contributed by atoms with Crippen LogP contribution < -0.4 is 5.73 Å². The highest BCUT2D eigenvalue weighted by Crippen LogP contribution is 2.16. The van der Waals surface area contributed by atoms with Gasteiger partial charge in [-0.1, -0.05) is 5.92 Å². The molecule has 1 saturated heterocycles. The van der Waals surface area contributed by atoms with Crippen molar-refractivity contribution in [2.24, 2.45) is 5.73 Å². The maximum atomic E-state index is 9.78. The Balaban J connectivity index is 2.06. The minimum absolute atomic E-state index is 0.282. The highest BCUT2D eigenvalue weighted by atomic mass is 16.6.